The summed E-state index contributed by atoms with van der Waals surface area (Å²) in [5, 5.41) is 12.9. The van der Waals surface area contributed by atoms with Crippen LogP contribution in [0.2, 0.25) is 0 Å². The van der Waals surface area contributed by atoms with E-state index >= 15 is 0 Å². The van der Waals surface area contributed by atoms with Crippen LogP contribution in [-0.4, -0.2) is 31.7 Å². The van der Waals surface area contributed by atoms with Crippen molar-refractivity contribution in [3.8, 4) is 0 Å². The Bertz CT molecular complexity index is 535. The first-order valence-electron chi connectivity index (χ1n) is 4.87. The third-order valence-corrected chi connectivity index (χ3v) is 2.29. The standard InChI is InChI=1S/C10H12N4O2/c1-6-12-9-4-2-3-7(14(9)13-6)5-8(11)10(15)16/h2-4,8H,5,11H2,1H3,(H,15,16). The predicted octanol–water partition coefficient (Wildman–Crippen LogP) is -0.00788. The summed E-state index contributed by atoms with van der Waals surface area (Å²) in [5.74, 6) is -0.370. The number of carboxylic acid groups (broad SMARTS) is 1. The number of aliphatic carboxylic acids is 1. The van der Waals surface area contributed by atoms with Gasteiger partial charge in [0.1, 0.15) is 11.9 Å². The summed E-state index contributed by atoms with van der Waals surface area (Å²) in [6.45, 7) is 1.79. The van der Waals surface area contributed by atoms with Crippen molar-refractivity contribution in [1.29, 1.82) is 0 Å². The van der Waals surface area contributed by atoms with Gasteiger partial charge in [-0.05, 0) is 19.1 Å². The number of carboxylic acids is 1. The lowest BCUT2D eigenvalue weighted by atomic mass is 10.1. The summed E-state index contributed by atoms with van der Waals surface area (Å²) >= 11 is 0. The SMILES string of the molecule is Cc1nc2cccc(CC(N)C(=O)O)n2n1. The van der Waals surface area contributed by atoms with Gasteiger partial charge in [0.15, 0.2) is 5.65 Å². The second kappa shape index (κ2) is 3.90. The zero-order chi connectivity index (χ0) is 11.7. The molecule has 1 unspecified atom stereocenters. The van der Waals surface area contributed by atoms with E-state index in [1.54, 1.807) is 17.5 Å². The number of nitrogens with zero attached hydrogens (tertiary/aromatic N) is 3. The molecule has 0 aliphatic rings. The molecule has 0 amide bonds. The predicted molar refractivity (Wildman–Crippen MR) is 57.0 cm³/mol. The molecule has 2 aromatic rings. The third kappa shape index (κ3) is 1.87. The number of pyridine rings is 1. The van der Waals surface area contributed by atoms with Gasteiger partial charge in [-0.2, -0.15) is 5.10 Å². The van der Waals surface area contributed by atoms with E-state index in [1.807, 2.05) is 12.1 Å². The number of hydrogen-bond donors (Lipinski definition) is 2. The summed E-state index contributed by atoms with van der Waals surface area (Å²) < 4.78 is 1.62. The topological polar surface area (TPSA) is 93.5 Å². The van der Waals surface area contributed by atoms with E-state index in [0.29, 0.717) is 11.5 Å². The van der Waals surface area contributed by atoms with Crippen LogP contribution < -0.4 is 5.73 Å². The zero-order valence-electron chi connectivity index (χ0n) is 8.79. The maximum Gasteiger partial charge on any atom is 0.320 e. The highest BCUT2D eigenvalue weighted by Crippen LogP contribution is 2.07. The molecule has 0 aliphatic heterocycles. The number of fused-ring (bicyclic) bond motifs is 1. The largest absolute Gasteiger partial charge is 0.480 e. The van der Waals surface area contributed by atoms with Gasteiger partial charge in [0.2, 0.25) is 0 Å². The summed E-state index contributed by atoms with van der Waals surface area (Å²) in [6.07, 6.45) is 0.232. The van der Waals surface area contributed by atoms with Crippen LogP contribution in [0.25, 0.3) is 5.65 Å². The van der Waals surface area contributed by atoms with Gasteiger partial charge in [0.05, 0.1) is 0 Å². The molecular formula is C10H12N4O2. The fraction of sp³-hybridized carbons (Fsp3) is 0.300. The van der Waals surface area contributed by atoms with Gasteiger partial charge in [-0.1, -0.05) is 6.07 Å². The molecule has 6 heteroatoms. The normalized spacial score (nSPS) is 12.9. The average molecular weight is 220 g/mol. The highest BCUT2D eigenvalue weighted by atomic mass is 16.4. The summed E-state index contributed by atoms with van der Waals surface area (Å²) in [5.41, 5.74) is 6.93. The Labute approximate surface area is 91.7 Å². The molecule has 84 valence electrons. The van der Waals surface area contributed by atoms with E-state index in [-0.39, 0.29) is 6.42 Å². The van der Waals surface area contributed by atoms with Crippen molar-refractivity contribution in [2.24, 2.45) is 5.73 Å². The molecule has 0 bridgehead atoms. The molecular weight excluding hydrogens is 208 g/mol. The van der Waals surface area contributed by atoms with Gasteiger partial charge in [-0.15, -0.1) is 0 Å². The van der Waals surface area contributed by atoms with Crippen LogP contribution >= 0.6 is 0 Å². The quantitative estimate of drug-likeness (QED) is 0.758. The Hall–Kier alpha value is -1.95. The van der Waals surface area contributed by atoms with Crippen LogP contribution in [0.3, 0.4) is 0 Å². The van der Waals surface area contributed by atoms with E-state index in [2.05, 4.69) is 10.1 Å². The van der Waals surface area contributed by atoms with E-state index in [1.165, 1.54) is 0 Å². The number of hydrogen-bond acceptors (Lipinski definition) is 4. The fourth-order valence-corrected chi connectivity index (χ4v) is 1.53. The second-order valence-electron chi connectivity index (χ2n) is 3.59. The van der Waals surface area contributed by atoms with E-state index in [9.17, 15) is 4.79 Å². The van der Waals surface area contributed by atoms with Crippen molar-refractivity contribution >= 4 is 11.6 Å². The Morgan fingerprint density at radius 2 is 2.38 bits per heavy atom. The number of carbonyl (C=O) groups is 1. The molecule has 0 spiro atoms. The number of aryl methyl sites for hydroxylation is 1. The summed E-state index contributed by atoms with van der Waals surface area (Å²) in [4.78, 5) is 14.9. The van der Waals surface area contributed by atoms with Crippen molar-refractivity contribution in [2.45, 2.75) is 19.4 Å². The fourth-order valence-electron chi connectivity index (χ4n) is 1.53. The smallest absolute Gasteiger partial charge is 0.320 e. The van der Waals surface area contributed by atoms with Gasteiger partial charge in [-0.25, -0.2) is 9.50 Å². The molecule has 2 rings (SSSR count). The van der Waals surface area contributed by atoms with Gasteiger partial charge < -0.3 is 10.8 Å². The highest BCUT2D eigenvalue weighted by Gasteiger charge is 2.14. The van der Waals surface area contributed by atoms with Crippen LogP contribution in [-0.2, 0) is 11.2 Å². The zero-order valence-corrected chi connectivity index (χ0v) is 8.79. The minimum Gasteiger partial charge on any atom is -0.480 e. The lowest BCUT2D eigenvalue weighted by Crippen LogP contribution is -2.33. The molecule has 0 aromatic carbocycles. The molecule has 3 N–H and O–H groups in total. The molecule has 0 fully saturated rings. The maximum absolute atomic E-state index is 10.7. The van der Waals surface area contributed by atoms with Crippen molar-refractivity contribution < 1.29 is 9.90 Å². The average Bonchev–Trinajstić information content (AvgIpc) is 2.59. The molecule has 0 saturated heterocycles. The van der Waals surface area contributed by atoms with Crippen molar-refractivity contribution in [3.63, 3.8) is 0 Å². The Morgan fingerprint density at radius 3 is 3.06 bits per heavy atom. The molecule has 2 heterocycles. The van der Waals surface area contributed by atoms with Gasteiger partial charge in [-0.3, -0.25) is 4.79 Å². The number of rotatable bonds is 3. The maximum atomic E-state index is 10.7. The first-order chi connectivity index (χ1) is 7.58. The minimum absolute atomic E-state index is 0.232. The summed E-state index contributed by atoms with van der Waals surface area (Å²) in [7, 11) is 0. The van der Waals surface area contributed by atoms with Crippen LogP contribution in [0.15, 0.2) is 18.2 Å². The molecule has 6 nitrogen and oxygen atoms in total. The third-order valence-electron chi connectivity index (χ3n) is 2.29. The highest BCUT2D eigenvalue weighted by molar-refractivity contribution is 5.73. The molecule has 16 heavy (non-hydrogen) atoms. The van der Waals surface area contributed by atoms with Crippen LogP contribution in [0.1, 0.15) is 11.5 Å². The number of nitrogens with two attached hydrogens (primary N) is 1. The molecule has 0 radical (unpaired) electrons. The van der Waals surface area contributed by atoms with Crippen LogP contribution in [0.5, 0.6) is 0 Å². The van der Waals surface area contributed by atoms with Crippen molar-refractivity contribution in [3.05, 3.63) is 29.7 Å². The Kier molecular flexibility index (Phi) is 2.57. The first kappa shape index (κ1) is 10.6. The molecule has 0 aliphatic carbocycles. The minimum atomic E-state index is -1.02. The van der Waals surface area contributed by atoms with E-state index in [0.717, 1.165) is 5.69 Å². The summed E-state index contributed by atoms with van der Waals surface area (Å²) in [6, 6.07) is 4.50. The van der Waals surface area contributed by atoms with Crippen LogP contribution in [0, 0.1) is 6.92 Å². The lowest BCUT2D eigenvalue weighted by Gasteiger charge is -2.07. The van der Waals surface area contributed by atoms with Crippen molar-refractivity contribution in [1.82, 2.24) is 14.6 Å². The lowest BCUT2D eigenvalue weighted by molar-refractivity contribution is -0.138. The van der Waals surface area contributed by atoms with Gasteiger partial charge in [0.25, 0.3) is 0 Å². The number of aromatic nitrogens is 3. The first-order valence-corrected chi connectivity index (χ1v) is 4.87. The molecule has 0 saturated carbocycles. The van der Waals surface area contributed by atoms with Crippen molar-refractivity contribution in [2.75, 3.05) is 0 Å². The van der Waals surface area contributed by atoms with Gasteiger partial charge in [0, 0.05) is 12.1 Å². The Morgan fingerprint density at radius 1 is 1.62 bits per heavy atom. The molecule has 2 aromatic heterocycles. The molecule has 1 atom stereocenters. The van der Waals surface area contributed by atoms with Crippen LogP contribution in [0.4, 0.5) is 0 Å². The van der Waals surface area contributed by atoms with E-state index in [4.69, 9.17) is 10.8 Å². The monoisotopic (exact) mass is 220 g/mol. The van der Waals surface area contributed by atoms with Gasteiger partial charge >= 0.3 is 5.97 Å². The second-order valence-corrected chi connectivity index (χ2v) is 3.59. The Balaban J connectivity index is 2.40. The van der Waals surface area contributed by atoms with E-state index < -0.39 is 12.0 Å².